The number of benzene rings is 2. The van der Waals surface area contributed by atoms with Crippen molar-refractivity contribution in [2.24, 2.45) is 11.8 Å². The summed E-state index contributed by atoms with van der Waals surface area (Å²) in [6.45, 7) is 3.49. The Morgan fingerprint density at radius 1 is 1.00 bits per heavy atom. The summed E-state index contributed by atoms with van der Waals surface area (Å²) >= 11 is 0. The van der Waals surface area contributed by atoms with Gasteiger partial charge in [0.15, 0.2) is 0 Å². The van der Waals surface area contributed by atoms with E-state index in [1.807, 2.05) is 36.1 Å². The number of likely N-dealkylation sites (tertiary alicyclic amines) is 1. The third-order valence-corrected chi connectivity index (χ3v) is 7.51. The molecule has 2 aliphatic heterocycles. The zero-order valence-electron chi connectivity index (χ0n) is 19.4. The number of hydrogen-bond acceptors (Lipinski definition) is 3. The third kappa shape index (κ3) is 4.31. The summed E-state index contributed by atoms with van der Waals surface area (Å²) in [7, 11) is 0. The highest BCUT2D eigenvalue weighted by atomic mass is 19.1. The molecular formula is C27H30FN3O3. The van der Waals surface area contributed by atoms with Gasteiger partial charge >= 0.3 is 6.03 Å². The maximum atomic E-state index is 13.7. The number of nitrogens with zero attached hydrogens (tertiary/aromatic N) is 2. The SMILES string of the molecule is Cc1ccc(C(=O)N2CCC([C@@]3(Cc4ccc(F)cc4)NC(=O)N(CC4CC4)C3=O)CC2)cc1. The van der Waals surface area contributed by atoms with E-state index >= 15 is 0 Å². The Balaban J connectivity index is 1.36. The summed E-state index contributed by atoms with van der Waals surface area (Å²) in [5, 5.41) is 3.06. The summed E-state index contributed by atoms with van der Waals surface area (Å²) in [4.78, 5) is 42.8. The first-order valence-corrected chi connectivity index (χ1v) is 12.1. The largest absolute Gasteiger partial charge is 0.339 e. The number of imide groups is 1. The number of urea groups is 1. The van der Waals surface area contributed by atoms with Crippen LogP contribution < -0.4 is 5.32 Å². The van der Waals surface area contributed by atoms with E-state index in [1.54, 1.807) is 12.1 Å². The molecule has 1 atom stereocenters. The molecule has 0 aromatic heterocycles. The number of amides is 4. The minimum absolute atomic E-state index is 0.0109. The van der Waals surface area contributed by atoms with Gasteiger partial charge in [0.25, 0.3) is 11.8 Å². The van der Waals surface area contributed by atoms with Crippen LogP contribution in [0.2, 0.25) is 0 Å². The zero-order chi connectivity index (χ0) is 23.9. The summed E-state index contributed by atoms with van der Waals surface area (Å²) < 4.78 is 13.5. The van der Waals surface area contributed by atoms with Gasteiger partial charge in [-0.15, -0.1) is 0 Å². The molecule has 7 heteroatoms. The second-order valence-corrected chi connectivity index (χ2v) is 10.00. The van der Waals surface area contributed by atoms with Gasteiger partial charge in [-0.3, -0.25) is 14.5 Å². The van der Waals surface area contributed by atoms with E-state index in [1.165, 1.54) is 17.0 Å². The van der Waals surface area contributed by atoms with E-state index in [4.69, 9.17) is 0 Å². The van der Waals surface area contributed by atoms with Gasteiger partial charge in [-0.05, 0) is 74.3 Å². The molecule has 1 aliphatic carbocycles. The predicted molar refractivity (Wildman–Crippen MR) is 126 cm³/mol. The van der Waals surface area contributed by atoms with Crippen LogP contribution in [0.5, 0.6) is 0 Å². The van der Waals surface area contributed by atoms with Crippen molar-refractivity contribution in [3.63, 3.8) is 0 Å². The predicted octanol–water partition coefficient (Wildman–Crippen LogP) is 3.93. The lowest BCUT2D eigenvalue weighted by Crippen LogP contribution is -2.58. The van der Waals surface area contributed by atoms with E-state index in [-0.39, 0.29) is 29.6 Å². The molecule has 178 valence electrons. The first kappa shape index (κ1) is 22.6. The fraction of sp³-hybridized carbons (Fsp3) is 0.444. The molecule has 5 rings (SSSR count). The fourth-order valence-corrected chi connectivity index (χ4v) is 5.29. The molecule has 0 spiro atoms. The Labute approximate surface area is 199 Å². The van der Waals surface area contributed by atoms with Crippen molar-refractivity contribution >= 4 is 17.8 Å². The number of carbonyl (C=O) groups excluding carboxylic acids is 3. The van der Waals surface area contributed by atoms with Gasteiger partial charge in [-0.2, -0.15) is 0 Å². The molecule has 6 nitrogen and oxygen atoms in total. The van der Waals surface area contributed by atoms with Gasteiger partial charge in [-0.25, -0.2) is 9.18 Å². The normalized spacial score (nSPS) is 23.4. The van der Waals surface area contributed by atoms with Crippen LogP contribution in [0, 0.1) is 24.6 Å². The van der Waals surface area contributed by atoms with E-state index in [9.17, 15) is 18.8 Å². The lowest BCUT2D eigenvalue weighted by molar-refractivity contribution is -0.134. The van der Waals surface area contributed by atoms with Crippen molar-refractivity contribution in [1.29, 1.82) is 0 Å². The van der Waals surface area contributed by atoms with Gasteiger partial charge in [0, 0.05) is 31.6 Å². The van der Waals surface area contributed by atoms with E-state index < -0.39 is 5.54 Å². The standard InChI is InChI=1S/C27H30FN3O3/c1-18-2-8-21(9-3-18)24(32)30-14-12-22(13-15-30)27(16-19-6-10-23(28)11-7-19)25(33)31(26(34)29-27)17-20-4-5-20/h2-3,6-11,20,22H,4-5,12-17H2,1H3,(H,29,34)/t27-/m1/s1. The molecule has 4 amide bonds. The highest BCUT2D eigenvalue weighted by Gasteiger charge is 2.56. The second-order valence-electron chi connectivity index (χ2n) is 10.00. The number of hydrogen-bond donors (Lipinski definition) is 1. The molecule has 34 heavy (non-hydrogen) atoms. The summed E-state index contributed by atoms with van der Waals surface area (Å²) in [6.07, 6.45) is 3.63. The number of rotatable bonds is 6. The highest BCUT2D eigenvalue weighted by Crippen LogP contribution is 2.39. The van der Waals surface area contributed by atoms with E-state index in [0.29, 0.717) is 50.4 Å². The lowest BCUT2D eigenvalue weighted by atomic mass is 9.73. The van der Waals surface area contributed by atoms with Crippen molar-refractivity contribution in [1.82, 2.24) is 15.1 Å². The van der Waals surface area contributed by atoms with Gasteiger partial charge in [0.1, 0.15) is 11.4 Å². The number of halogens is 1. The molecule has 0 radical (unpaired) electrons. The monoisotopic (exact) mass is 463 g/mol. The average molecular weight is 464 g/mol. The molecule has 0 bridgehead atoms. The lowest BCUT2D eigenvalue weighted by Gasteiger charge is -2.41. The first-order valence-electron chi connectivity index (χ1n) is 12.1. The van der Waals surface area contributed by atoms with Crippen molar-refractivity contribution in [3.8, 4) is 0 Å². The van der Waals surface area contributed by atoms with E-state index in [0.717, 1.165) is 24.0 Å². The molecule has 2 aromatic carbocycles. The van der Waals surface area contributed by atoms with Crippen LogP contribution in [0.1, 0.15) is 47.2 Å². The number of nitrogens with one attached hydrogen (secondary N) is 1. The van der Waals surface area contributed by atoms with Crippen LogP contribution in [-0.2, 0) is 11.2 Å². The number of carbonyl (C=O) groups is 3. The Bertz CT molecular complexity index is 1090. The van der Waals surface area contributed by atoms with Crippen LogP contribution in [-0.4, -0.2) is 52.8 Å². The van der Waals surface area contributed by atoms with Crippen molar-refractivity contribution in [2.75, 3.05) is 19.6 Å². The van der Waals surface area contributed by atoms with Gasteiger partial charge in [0.05, 0.1) is 0 Å². The van der Waals surface area contributed by atoms with Crippen LogP contribution >= 0.6 is 0 Å². The Kier molecular flexibility index (Phi) is 5.88. The minimum atomic E-state index is -1.07. The maximum absolute atomic E-state index is 13.7. The van der Waals surface area contributed by atoms with Gasteiger partial charge in [0.2, 0.25) is 0 Å². The molecule has 1 saturated carbocycles. The molecular weight excluding hydrogens is 433 g/mol. The summed E-state index contributed by atoms with van der Waals surface area (Å²) in [5.41, 5.74) is 1.50. The molecule has 1 N–H and O–H groups in total. The maximum Gasteiger partial charge on any atom is 0.325 e. The highest BCUT2D eigenvalue weighted by molar-refractivity contribution is 6.07. The van der Waals surface area contributed by atoms with Gasteiger partial charge in [-0.1, -0.05) is 29.8 Å². The van der Waals surface area contributed by atoms with Crippen molar-refractivity contribution < 1.29 is 18.8 Å². The smallest absolute Gasteiger partial charge is 0.325 e. The first-order chi connectivity index (χ1) is 16.4. The zero-order valence-corrected chi connectivity index (χ0v) is 19.4. The molecule has 2 aromatic rings. The number of aryl methyl sites for hydroxylation is 1. The minimum Gasteiger partial charge on any atom is -0.339 e. The van der Waals surface area contributed by atoms with E-state index in [2.05, 4.69) is 5.32 Å². The van der Waals surface area contributed by atoms with Crippen molar-refractivity contribution in [2.45, 2.75) is 44.6 Å². The topological polar surface area (TPSA) is 69.7 Å². The molecule has 3 aliphatic rings. The number of piperidine rings is 1. The molecule has 2 saturated heterocycles. The average Bonchev–Trinajstić information content (AvgIpc) is 3.63. The summed E-state index contributed by atoms with van der Waals surface area (Å²) in [5.74, 6) is -0.247. The Morgan fingerprint density at radius 3 is 2.26 bits per heavy atom. The molecule has 3 fully saturated rings. The third-order valence-electron chi connectivity index (χ3n) is 7.51. The van der Waals surface area contributed by atoms with Crippen LogP contribution in [0.3, 0.4) is 0 Å². The quantitative estimate of drug-likeness (QED) is 0.660. The summed E-state index contributed by atoms with van der Waals surface area (Å²) in [6, 6.07) is 13.3. The fourth-order valence-electron chi connectivity index (χ4n) is 5.29. The molecule has 0 unspecified atom stereocenters. The second kappa shape index (κ2) is 8.85. The van der Waals surface area contributed by atoms with Crippen LogP contribution in [0.25, 0.3) is 0 Å². The Morgan fingerprint density at radius 2 is 1.65 bits per heavy atom. The van der Waals surface area contributed by atoms with Gasteiger partial charge < -0.3 is 10.2 Å². The van der Waals surface area contributed by atoms with Crippen LogP contribution in [0.15, 0.2) is 48.5 Å². The molecule has 2 heterocycles. The van der Waals surface area contributed by atoms with Crippen LogP contribution in [0.4, 0.5) is 9.18 Å². The van der Waals surface area contributed by atoms with Crippen molar-refractivity contribution in [3.05, 3.63) is 71.0 Å². The Hall–Kier alpha value is -3.22.